The van der Waals surface area contributed by atoms with Gasteiger partial charge in [-0.2, -0.15) is 0 Å². The first-order valence-corrected chi connectivity index (χ1v) is 5.65. The Kier molecular flexibility index (Phi) is 3.46. The van der Waals surface area contributed by atoms with Gasteiger partial charge in [0.1, 0.15) is 17.2 Å². The average Bonchev–Trinajstić information content (AvgIpc) is 2.74. The van der Waals surface area contributed by atoms with Gasteiger partial charge in [-0.15, -0.1) is 0 Å². The quantitative estimate of drug-likeness (QED) is 0.866. The van der Waals surface area contributed by atoms with E-state index in [1.54, 1.807) is 0 Å². The van der Waals surface area contributed by atoms with Crippen LogP contribution in [-0.4, -0.2) is 36.3 Å². The highest BCUT2D eigenvalue weighted by molar-refractivity contribution is 6.35. The molecule has 0 saturated carbocycles. The van der Waals surface area contributed by atoms with Gasteiger partial charge in [0, 0.05) is 20.2 Å². The molecule has 0 spiro atoms. The summed E-state index contributed by atoms with van der Waals surface area (Å²) in [5, 5.41) is 0.406. The van der Waals surface area contributed by atoms with Crippen molar-refractivity contribution in [2.75, 3.05) is 30.8 Å². The van der Waals surface area contributed by atoms with Gasteiger partial charge in [0.2, 0.25) is 0 Å². The molecule has 0 aliphatic carbocycles. The van der Waals surface area contributed by atoms with Crippen molar-refractivity contribution < 1.29 is 4.74 Å². The number of nitrogen functional groups attached to an aromatic ring is 1. The van der Waals surface area contributed by atoms with E-state index >= 15 is 0 Å². The molecule has 1 aromatic rings. The number of hydrogen-bond acceptors (Lipinski definition) is 5. The van der Waals surface area contributed by atoms with E-state index in [0.29, 0.717) is 16.7 Å². The van der Waals surface area contributed by atoms with Gasteiger partial charge in [-0.3, -0.25) is 0 Å². The van der Waals surface area contributed by atoms with Crippen molar-refractivity contribution >= 4 is 23.2 Å². The van der Waals surface area contributed by atoms with Gasteiger partial charge < -0.3 is 15.4 Å². The summed E-state index contributed by atoms with van der Waals surface area (Å²) in [6.45, 7) is 1.62. The minimum Gasteiger partial charge on any atom is -0.382 e. The van der Waals surface area contributed by atoms with Crippen molar-refractivity contribution in [1.82, 2.24) is 9.97 Å². The van der Waals surface area contributed by atoms with Crippen LogP contribution in [0.25, 0.3) is 0 Å². The molecule has 6 heteroatoms. The number of anilines is 2. The fourth-order valence-corrected chi connectivity index (χ4v) is 2.06. The van der Waals surface area contributed by atoms with E-state index in [0.717, 1.165) is 26.0 Å². The molecule has 0 radical (unpaired) electrons. The summed E-state index contributed by atoms with van der Waals surface area (Å²) in [6.07, 6.45) is 3.89. The van der Waals surface area contributed by atoms with Crippen molar-refractivity contribution in [2.24, 2.45) is 0 Å². The normalized spacial score (nSPS) is 20.0. The van der Waals surface area contributed by atoms with Gasteiger partial charge in [0.15, 0.2) is 5.82 Å². The fourth-order valence-electron chi connectivity index (χ4n) is 1.82. The highest BCUT2D eigenvalue weighted by Gasteiger charge is 2.19. The van der Waals surface area contributed by atoms with Gasteiger partial charge in [-0.05, 0) is 12.8 Å². The second-order valence-corrected chi connectivity index (χ2v) is 4.29. The van der Waals surface area contributed by atoms with Gasteiger partial charge in [-0.1, -0.05) is 11.6 Å². The molecule has 2 N–H and O–H groups in total. The molecule has 1 fully saturated rings. The second kappa shape index (κ2) is 4.84. The molecule has 5 nitrogen and oxygen atoms in total. The van der Waals surface area contributed by atoms with Crippen LogP contribution in [0.2, 0.25) is 5.02 Å². The molecule has 1 aliphatic rings. The number of likely N-dealkylation sites (N-methyl/N-ethyl adjacent to an activating group) is 1. The molecule has 1 unspecified atom stereocenters. The Labute approximate surface area is 99.6 Å². The van der Waals surface area contributed by atoms with Gasteiger partial charge in [-0.25, -0.2) is 9.97 Å². The third-order valence-electron chi connectivity index (χ3n) is 2.66. The lowest BCUT2D eigenvalue weighted by molar-refractivity contribution is 0.116. The molecular formula is C10H15ClN4O. The molecule has 1 aliphatic heterocycles. The maximum atomic E-state index is 6.04. The standard InChI is InChI=1S/C10H15ClN4O/c1-15(5-7-3-2-4-16-7)10-8(11)9(12)13-6-14-10/h6-7H,2-5H2,1H3,(H2,12,13,14). The summed E-state index contributed by atoms with van der Waals surface area (Å²) in [4.78, 5) is 9.91. The zero-order valence-corrected chi connectivity index (χ0v) is 9.94. The highest BCUT2D eigenvalue weighted by Crippen LogP contribution is 2.26. The first kappa shape index (κ1) is 11.4. The summed E-state index contributed by atoms with van der Waals surface area (Å²) in [5.41, 5.74) is 5.63. The first-order chi connectivity index (χ1) is 7.68. The molecule has 88 valence electrons. The average molecular weight is 243 g/mol. The van der Waals surface area contributed by atoms with Crippen LogP contribution in [0.3, 0.4) is 0 Å². The third kappa shape index (κ3) is 2.36. The van der Waals surface area contributed by atoms with E-state index < -0.39 is 0 Å². The number of ether oxygens (including phenoxy) is 1. The van der Waals surface area contributed by atoms with Crippen LogP contribution in [-0.2, 0) is 4.74 Å². The van der Waals surface area contributed by atoms with E-state index in [2.05, 4.69) is 9.97 Å². The van der Waals surface area contributed by atoms with Crippen LogP contribution >= 0.6 is 11.6 Å². The Balaban J connectivity index is 2.07. The van der Waals surface area contributed by atoms with Gasteiger partial charge in [0.25, 0.3) is 0 Å². The van der Waals surface area contributed by atoms with Crippen LogP contribution in [0.15, 0.2) is 6.33 Å². The Hall–Kier alpha value is -1.07. The fraction of sp³-hybridized carbons (Fsp3) is 0.600. The SMILES string of the molecule is CN(CC1CCCO1)c1ncnc(N)c1Cl. The summed E-state index contributed by atoms with van der Waals surface area (Å²) >= 11 is 6.04. The topological polar surface area (TPSA) is 64.3 Å². The van der Waals surface area contributed by atoms with E-state index in [4.69, 9.17) is 22.1 Å². The number of aromatic nitrogens is 2. The van der Waals surface area contributed by atoms with E-state index in [1.807, 2.05) is 11.9 Å². The molecule has 2 heterocycles. The molecule has 0 amide bonds. The summed E-state index contributed by atoms with van der Waals surface area (Å²) in [5.74, 6) is 0.968. The lowest BCUT2D eigenvalue weighted by Crippen LogP contribution is -2.29. The highest BCUT2D eigenvalue weighted by atomic mass is 35.5. The Morgan fingerprint density at radius 2 is 2.44 bits per heavy atom. The molecule has 0 bridgehead atoms. The van der Waals surface area contributed by atoms with Crippen LogP contribution < -0.4 is 10.6 Å². The van der Waals surface area contributed by atoms with E-state index in [-0.39, 0.29) is 6.10 Å². The predicted octanol–water partition coefficient (Wildman–Crippen LogP) is 1.33. The largest absolute Gasteiger partial charge is 0.382 e. The summed E-state index contributed by atoms with van der Waals surface area (Å²) < 4.78 is 5.56. The zero-order chi connectivity index (χ0) is 11.5. The number of hydrogen-bond donors (Lipinski definition) is 1. The number of rotatable bonds is 3. The second-order valence-electron chi connectivity index (χ2n) is 3.91. The first-order valence-electron chi connectivity index (χ1n) is 5.27. The van der Waals surface area contributed by atoms with Crippen molar-refractivity contribution in [1.29, 1.82) is 0 Å². The number of nitrogens with zero attached hydrogens (tertiary/aromatic N) is 3. The molecule has 1 saturated heterocycles. The lowest BCUT2D eigenvalue weighted by atomic mass is 10.2. The van der Waals surface area contributed by atoms with Crippen LogP contribution in [0.4, 0.5) is 11.6 Å². The molecule has 2 rings (SSSR count). The van der Waals surface area contributed by atoms with Crippen molar-refractivity contribution in [3.63, 3.8) is 0 Å². The van der Waals surface area contributed by atoms with E-state index in [9.17, 15) is 0 Å². The van der Waals surface area contributed by atoms with Crippen molar-refractivity contribution in [2.45, 2.75) is 18.9 Å². The monoisotopic (exact) mass is 242 g/mol. The molecular weight excluding hydrogens is 228 g/mol. The maximum absolute atomic E-state index is 6.04. The molecule has 1 aromatic heterocycles. The predicted molar refractivity (Wildman–Crippen MR) is 63.7 cm³/mol. The zero-order valence-electron chi connectivity index (χ0n) is 9.19. The van der Waals surface area contributed by atoms with Gasteiger partial charge >= 0.3 is 0 Å². The Bertz CT molecular complexity index is 368. The summed E-state index contributed by atoms with van der Waals surface area (Å²) in [7, 11) is 1.93. The maximum Gasteiger partial charge on any atom is 0.152 e. The Morgan fingerprint density at radius 3 is 3.12 bits per heavy atom. The minimum absolute atomic E-state index is 0.261. The third-order valence-corrected chi connectivity index (χ3v) is 3.02. The molecule has 0 aromatic carbocycles. The number of nitrogens with two attached hydrogens (primary N) is 1. The van der Waals surface area contributed by atoms with Crippen molar-refractivity contribution in [3.05, 3.63) is 11.3 Å². The van der Waals surface area contributed by atoms with Gasteiger partial charge in [0.05, 0.1) is 6.10 Å². The summed E-state index contributed by atoms with van der Waals surface area (Å²) in [6, 6.07) is 0. The Morgan fingerprint density at radius 1 is 1.62 bits per heavy atom. The lowest BCUT2D eigenvalue weighted by Gasteiger charge is -2.22. The minimum atomic E-state index is 0.261. The number of halogens is 1. The molecule has 1 atom stereocenters. The van der Waals surface area contributed by atoms with Crippen LogP contribution in [0.5, 0.6) is 0 Å². The van der Waals surface area contributed by atoms with Crippen LogP contribution in [0, 0.1) is 0 Å². The van der Waals surface area contributed by atoms with Crippen molar-refractivity contribution in [3.8, 4) is 0 Å². The smallest absolute Gasteiger partial charge is 0.152 e. The van der Waals surface area contributed by atoms with E-state index in [1.165, 1.54) is 6.33 Å². The van der Waals surface area contributed by atoms with Crippen LogP contribution in [0.1, 0.15) is 12.8 Å². The molecule has 16 heavy (non-hydrogen) atoms.